The van der Waals surface area contributed by atoms with Crippen LogP contribution in [-0.2, 0) is 0 Å². The molecule has 1 aliphatic heterocycles. The number of aryl methyl sites for hydroxylation is 2. The second-order valence-electron chi connectivity index (χ2n) is 7.66. The highest BCUT2D eigenvalue weighted by molar-refractivity contribution is 7.22. The van der Waals surface area contributed by atoms with Crippen molar-refractivity contribution in [3.8, 4) is 5.75 Å². The van der Waals surface area contributed by atoms with Crippen LogP contribution in [0.3, 0.4) is 0 Å². The Kier molecular flexibility index (Phi) is 6.20. The van der Waals surface area contributed by atoms with Crippen molar-refractivity contribution in [1.82, 2.24) is 15.2 Å². The Morgan fingerprint density at radius 1 is 1.10 bits per heavy atom. The number of anilines is 1. The molecular weight excluding hydrogens is 396 g/mol. The topological polar surface area (TPSA) is 57.7 Å². The van der Waals surface area contributed by atoms with E-state index in [2.05, 4.69) is 41.1 Å². The minimum absolute atomic E-state index is 0.0914. The largest absolute Gasteiger partial charge is 0.496 e. The van der Waals surface area contributed by atoms with Gasteiger partial charge in [-0.3, -0.25) is 9.69 Å². The third-order valence-electron chi connectivity index (χ3n) is 5.64. The van der Waals surface area contributed by atoms with E-state index < -0.39 is 0 Å². The summed E-state index contributed by atoms with van der Waals surface area (Å²) in [6.45, 7) is 9.60. The fourth-order valence-electron chi connectivity index (χ4n) is 3.80. The van der Waals surface area contributed by atoms with Gasteiger partial charge in [0, 0.05) is 39.3 Å². The van der Waals surface area contributed by atoms with Crippen molar-refractivity contribution in [2.45, 2.75) is 13.8 Å². The summed E-state index contributed by atoms with van der Waals surface area (Å²) >= 11 is 1.80. The normalized spacial score (nSPS) is 14.8. The van der Waals surface area contributed by atoms with E-state index in [9.17, 15) is 4.79 Å². The molecule has 2 heterocycles. The summed E-state index contributed by atoms with van der Waals surface area (Å²) in [6.07, 6.45) is 0. The van der Waals surface area contributed by atoms with E-state index in [0.717, 1.165) is 43.4 Å². The highest BCUT2D eigenvalue weighted by Crippen LogP contribution is 2.33. The van der Waals surface area contributed by atoms with Crippen molar-refractivity contribution in [2.75, 3.05) is 51.3 Å². The number of nitrogens with zero attached hydrogens (tertiary/aromatic N) is 3. The number of para-hydroxylation sites is 1. The number of amides is 1. The van der Waals surface area contributed by atoms with Gasteiger partial charge < -0.3 is 15.0 Å². The predicted molar refractivity (Wildman–Crippen MR) is 123 cm³/mol. The fraction of sp³-hybridized carbons (Fsp3) is 0.391. The van der Waals surface area contributed by atoms with Gasteiger partial charge in [0.05, 0.1) is 22.9 Å². The molecule has 1 aliphatic rings. The average Bonchev–Trinajstić information content (AvgIpc) is 3.23. The van der Waals surface area contributed by atoms with Crippen LogP contribution >= 0.6 is 11.3 Å². The van der Waals surface area contributed by atoms with Crippen LogP contribution in [0.4, 0.5) is 5.13 Å². The zero-order valence-electron chi connectivity index (χ0n) is 17.8. The van der Waals surface area contributed by atoms with Gasteiger partial charge in [0.2, 0.25) is 0 Å². The number of hydrogen-bond donors (Lipinski definition) is 1. The molecule has 1 amide bonds. The lowest BCUT2D eigenvalue weighted by molar-refractivity contribution is 0.0944. The van der Waals surface area contributed by atoms with Gasteiger partial charge in [-0.1, -0.05) is 35.6 Å². The smallest absolute Gasteiger partial charge is 0.255 e. The number of carbonyl (C=O) groups is 1. The maximum atomic E-state index is 12.4. The van der Waals surface area contributed by atoms with Crippen LogP contribution in [0.25, 0.3) is 10.2 Å². The van der Waals surface area contributed by atoms with E-state index in [1.54, 1.807) is 30.6 Å². The lowest BCUT2D eigenvalue weighted by atomic mass is 10.1. The van der Waals surface area contributed by atoms with Crippen LogP contribution in [-0.4, -0.2) is 62.2 Å². The summed E-state index contributed by atoms with van der Waals surface area (Å²) in [7, 11) is 1.58. The lowest BCUT2D eigenvalue weighted by Gasteiger charge is -2.34. The summed E-state index contributed by atoms with van der Waals surface area (Å²) in [5.41, 5.74) is 4.24. The maximum absolute atomic E-state index is 12.4. The van der Waals surface area contributed by atoms with Crippen molar-refractivity contribution in [3.63, 3.8) is 0 Å². The highest BCUT2D eigenvalue weighted by atomic mass is 32.1. The number of carbonyl (C=O) groups excluding carboxylic acids is 1. The lowest BCUT2D eigenvalue weighted by Crippen LogP contribution is -2.48. The summed E-state index contributed by atoms with van der Waals surface area (Å²) in [5, 5.41) is 4.13. The molecule has 4 rings (SSSR count). The Labute approximate surface area is 181 Å². The first-order valence-electron chi connectivity index (χ1n) is 10.3. The zero-order chi connectivity index (χ0) is 21.1. The molecule has 1 saturated heterocycles. The molecule has 6 nitrogen and oxygen atoms in total. The number of hydrogen-bond acceptors (Lipinski definition) is 6. The minimum Gasteiger partial charge on any atom is -0.496 e. The molecule has 0 aliphatic carbocycles. The van der Waals surface area contributed by atoms with Crippen LogP contribution in [0.15, 0.2) is 36.4 Å². The first kappa shape index (κ1) is 20.6. The molecule has 1 N–H and O–H groups in total. The summed E-state index contributed by atoms with van der Waals surface area (Å²) in [4.78, 5) is 22.1. The number of piperazine rings is 1. The monoisotopic (exact) mass is 424 g/mol. The fourth-order valence-corrected chi connectivity index (χ4v) is 4.96. The predicted octanol–water partition coefficient (Wildman–Crippen LogP) is 3.47. The summed E-state index contributed by atoms with van der Waals surface area (Å²) < 4.78 is 6.57. The molecule has 0 atom stereocenters. The van der Waals surface area contributed by atoms with Gasteiger partial charge in [-0.05, 0) is 37.1 Å². The SMILES string of the molecule is COc1ccccc1C(=O)NCCN1CCN(c2nc3c(C)ccc(C)c3s2)CC1. The molecule has 3 aromatic rings. The molecule has 0 unspecified atom stereocenters. The van der Waals surface area contributed by atoms with Crippen molar-refractivity contribution < 1.29 is 9.53 Å². The van der Waals surface area contributed by atoms with E-state index in [4.69, 9.17) is 9.72 Å². The maximum Gasteiger partial charge on any atom is 0.255 e. The molecule has 30 heavy (non-hydrogen) atoms. The summed E-state index contributed by atoms with van der Waals surface area (Å²) in [6, 6.07) is 11.6. The molecule has 2 aromatic carbocycles. The van der Waals surface area contributed by atoms with Crippen LogP contribution in [0, 0.1) is 13.8 Å². The number of thiazole rings is 1. The number of rotatable bonds is 6. The van der Waals surface area contributed by atoms with Gasteiger partial charge in [0.15, 0.2) is 5.13 Å². The van der Waals surface area contributed by atoms with Gasteiger partial charge in [-0.2, -0.15) is 0 Å². The Bertz CT molecular complexity index is 1000. The minimum atomic E-state index is -0.0914. The van der Waals surface area contributed by atoms with Crippen molar-refractivity contribution in [1.29, 1.82) is 0 Å². The van der Waals surface area contributed by atoms with E-state index in [1.807, 2.05) is 12.1 Å². The standard InChI is InChI=1S/C23H28N4O2S/c1-16-8-9-17(2)21-20(16)25-23(30-21)27-14-12-26(13-15-27)11-10-24-22(28)18-6-4-5-7-19(18)29-3/h4-9H,10-15H2,1-3H3,(H,24,28). The van der Waals surface area contributed by atoms with Crippen LogP contribution in [0.1, 0.15) is 21.5 Å². The number of benzene rings is 2. The second-order valence-corrected chi connectivity index (χ2v) is 8.64. The first-order valence-corrected chi connectivity index (χ1v) is 11.1. The highest BCUT2D eigenvalue weighted by Gasteiger charge is 2.21. The average molecular weight is 425 g/mol. The number of nitrogens with one attached hydrogen (secondary N) is 1. The number of ether oxygens (including phenoxy) is 1. The van der Waals surface area contributed by atoms with Crippen molar-refractivity contribution in [2.24, 2.45) is 0 Å². The van der Waals surface area contributed by atoms with E-state index >= 15 is 0 Å². The van der Waals surface area contributed by atoms with E-state index in [-0.39, 0.29) is 5.91 Å². The van der Waals surface area contributed by atoms with Crippen LogP contribution in [0.5, 0.6) is 5.75 Å². The zero-order valence-corrected chi connectivity index (χ0v) is 18.6. The first-order chi connectivity index (χ1) is 14.6. The van der Waals surface area contributed by atoms with Crippen molar-refractivity contribution in [3.05, 3.63) is 53.1 Å². The number of fused-ring (bicyclic) bond motifs is 1. The Morgan fingerprint density at radius 2 is 1.83 bits per heavy atom. The summed E-state index contributed by atoms with van der Waals surface area (Å²) in [5.74, 6) is 0.510. The number of aromatic nitrogens is 1. The Morgan fingerprint density at radius 3 is 2.57 bits per heavy atom. The van der Waals surface area contributed by atoms with Gasteiger partial charge in [0.25, 0.3) is 5.91 Å². The molecular formula is C23H28N4O2S. The molecule has 1 aromatic heterocycles. The van der Waals surface area contributed by atoms with Gasteiger partial charge in [-0.15, -0.1) is 0 Å². The van der Waals surface area contributed by atoms with Gasteiger partial charge >= 0.3 is 0 Å². The molecule has 0 spiro atoms. The quantitative estimate of drug-likeness (QED) is 0.657. The molecule has 0 bridgehead atoms. The van der Waals surface area contributed by atoms with Crippen LogP contribution in [0.2, 0.25) is 0 Å². The van der Waals surface area contributed by atoms with Gasteiger partial charge in [-0.25, -0.2) is 4.98 Å². The molecule has 1 fully saturated rings. The Hall–Kier alpha value is -2.64. The number of methoxy groups -OCH3 is 1. The van der Waals surface area contributed by atoms with Gasteiger partial charge in [0.1, 0.15) is 5.75 Å². The third kappa shape index (κ3) is 4.27. The molecule has 158 valence electrons. The van der Waals surface area contributed by atoms with Crippen LogP contribution < -0.4 is 15.0 Å². The molecule has 0 radical (unpaired) electrons. The Balaban J connectivity index is 1.28. The van der Waals surface area contributed by atoms with E-state index in [0.29, 0.717) is 17.9 Å². The molecule has 7 heteroatoms. The third-order valence-corrected chi connectivity index (χ3v) is 6.89. The van der Waals surface area contributed by atoms with Crippen molar-refractivity contribution >= 4 is 32.6 Å². The second kappa shape index (κ2) is 9.02. The molecule has 0 saturated carbocycles. The van der Waals surface area contributed by atoms with E-state index in [1.165, 1.54) is 15.8 Å².